The highest BCUT2D eigenvalue weighted by Crippen LogP contribution is 2.29. The van der Waals surface area contributed by atoms with Gasteiger partial charge in [0.15, 0.2) is 11.4 Å². The molecule has 2 aromatic carbocycles. The number of aryl methyl sites for hydroxylation is 1. The highest BCUT2D eigenvalue weighted by Gasteiger charge is 2.19. The number of rotatable bonds is 4. The number of carbonyl (C=O) groups excluding carboxylic acids is 2. The van der Waals surface area contributed by atoms with Crippen LogP contribution in [0.15, 0.2) is 51.7 Å². The Hall–Kier alpha value is -2.92. The average molecular weight is 371 g/mol. The van der Waals surface area contributed by atoms with Gasteiger partial charge in [-0.05, 0) is 49.2 Å². The van der Waals surface area contributed by atoms with Gasteiger partial charge in [-0.25, -0.2) is 4.79 Å². The molecule has 1 aromatic heterocycles. The van der Waals surface area contributed by atoms with Crippen LogP contribution in [0.4, 0.5) is 0 Å². The first-order valence-electron chi connectivity index (χ1n) is 7.88. The van der Waals surface area contributed by atoms with Gasteiger partial charge in [-0.15, -0.1) is 0 Å². The van der Waals surface area contributed by atoms with Crippen molar-refractivity contribution in [3.63, 3.8) is 0 Å². The number of benzene rings is 2. The van der Waals surface area contributed by atoms with Crippen molar-refractivity contribution in [1.29, 1.82) is 0 Å². The van der Waals surface area contributed by atoms with E-state index in [2.05, 4.69) is 0 Å². The lowest BCUT2D eigenvalue weighted by Gasteiger charge is -2.11. The van der Waals surface area contributed by atoms with Crippen LogP contribution in [-0.2, 0) is 11.2 Å². The monoisotopic (exact) mass is 370 g/mol. The molecule has 0 aliphatic rings. The van der Waals surface area contributed by atoms with Gasteiger partial charge in [-0.2, -0.15) is 0 Å². The van der Waals surface area contributed by atoms with Crippen LogP contribution in [0.5, 0.6) is 5.75 Å². The second-order valence-corrected chi connectivity index (χ2v) is 6.33. The fourth-order valence-corrected chi connectivity index (χ4v) is 2.84. The van der Waals surface area contributed by atoms with Crippen molar-refractivity contribution >= 4 is 34.3 Å². The maximum Gasteiger partial charge on any atom is 0.336 e. The van der Waals surface area contributed by atoms with Crippen LogP contribution in [0.25, 0.3) is 11.0 Å². The van der Waals surface area contributed by atoms with E-state index >= 15 is 0 Å². The quantitative estimate of drug-likeness (QED) is 0.299. The first kappa shape index (κ1) is 17.9. The van der Waals surface area contributed by atoms with Gasteiger partial charge in [-0.3, -0.25) is 9.59 Å². The Labute approximate surface area is 154 Å². The summed E-state index contributed by atoms with van der Waals surface area (Å²) in [4.78, 5) is 36.0. The van der Waals surface area contributed by atoms with Crippen molar-refractivity contribution in [2.75, 3.05) is 0 Å². The third kappa shape index (κ3) is 3.68. The van der Waals surface area contributed by atoms with Crippen molar-refractivity contribution < 1.29 is 18.7 Å². The molecule has 0 radical (unpaired) electrons. The number of ether oxygens (including phenoxy) is 1. The molecule has 0 unspecified atom stereocenters. The maximum absolute atomic E-state index is 12.3. The van der Waals surface area contributed by atoms with Crippen LogP contribution in [-0.4, -0.2) is 11.8 Å². The van der Waals surface area contributed by atoms with Gasteiger partial charge in [0, 0.05) is 16.5 Å². The highest BCUT2D eigenvalue weighted by atomic mass is 35.5. The van der Waals surface area contributed by atoms with E-state index in [0.29, 0.717) is 16.0 Å². The molecule has 3 aromatic rings. The highest BCUT2D eigenvalue weighted by molar-refractivity contribution is 6.30. The fourth-order valence-electron chi connectivity index (χ4n) is 2.71. The lowest BCUT2D eigenvalue weighted by molar-refractivity contribution is -0.133. The van der Waals surface area contributed by atoms with E-state index in [4.69, 9.17) is 20.8 Å². The minimum Gasteiger partial charge on any atom is -0.425 e. The van der Waals surface area contributed by atoms with Gasteiger partial charge in [0.05, 0.1) is 6.42 Å². The van der Waals surface area contributed by atoms with Crippen molar-refractivity contribution in [1.82, 2.24) is 0 Å². The normalized spacial score (nSPS) is 10.7. The van der Waals surface area contributed by atoms with E-state index in [1.165, 1.54) is 19.1 Å². The Morgan fingerprint density at radius 2 is 1.81 bits per heavy atom. The molecule has 6 heteroatoms. The van der Waals surface area contributed by atoms with Gasteiger partial charge in [0.1, 0.15) is 11.3 Å². The Morgan fingerprint density at radius 1 is 1.12 bits per heavy atom. The van der Waals surface area contributed by atoms with Gasteiger partial charge >= 0.3 is 11.6 Å². The number of hydrogen-bond acceptors (Lipinski definition) is 5. The van der Waals surface area contributed by atoms with Crippen LogP contribution in [0.3, 0.4) is 0 Å². The zero-order valence-electron chi connectivity index (χ0n) is 14.2. The molecule has 0 bridgehead atoms. The molecule has 0 N–H and O–H groups in total. The second-order valence-electron chi connectivity index (χ2n) is 5.90. The number of esters is 1. The second kappa shape index (κ2) is 7.14. The number of ketones is 1. The lowest BCUT2D eigenvalue weighted by Crippen LogP contribution is -2.14. The minimum atomic E-state index is -0.567. The van der Waals surface area contributed by atoms with Crippen LogP contribution >= 0.6 is 11.6 Å². The lowest BCUT2D eigenvalue weighted by atomic mass is 10.0. The minimum absolute atomic E-state index is 0.0182. The molecule has 132 valence electrons. The van der Waals surface area contributed by atoms with Crippen molar-refractivity contribution in [3.8, 4) is 5.75 Å². The third-order valence-corrected chi connectivity index (χ3v) is 4.17. The molecule has 0 spiro atoms. The number of carbonyl (C=O) groups is 2. The Balaban J connectivity index is 1.98. The van der Waals surface area contributed by atoms with E-state index in [9.17, 15) is 14.4 Å². The van der Waals surface area contributed by atoms with Gasteiger partial charge < -0.3 is 9.15 Å². The van der Waals surface area contributed by atoms with Gasteiger partial charge in [0.25, 0.3) is 0 Å². The molecule has 26 heavy (non-hydrogen) atoms. The van der Waals surface area contributed by atoms with Crippen LogP contribution in [0.1, 0.15) is 28.4 Å². The Morgan fingerprint density at radius 3 is 2.46 bits per heavy atom. The summed E-state index contributed by atoms with van der Waals surface area (Å²) in [5.74, 6) is -0.833. The predicted molar refractivity (Wildman–Crippen MR) is 98.0 cm³/mol. The number of hydrogen-bond donors (Lipinski definition) is 0. The molecular weight excluding hydrogens is 356 g/mol. The summed E-state index contributed by atoms with van der Waals surface area (Å²) < 4.78 is 10.6. The summed E-state index contributed by atoms with van der Waals surface area (Å²) >= 11 is 5.82. The topological polar surface area (TPSA) is 73.6 Å². The number of Topliss-reactive ketones (excluding diaryl/α,β-unsaturated/α-hetero) is 1. The van der Waals surface area contributed by atoms with Crippen molar-refractivity contribution in [2.45, 2.75) is 20.3 Å². The zero-order valence-corrected chi connectivity index (χ0v) is 14.9. The summed E-state index contributed by atoms with van der Waals surface area (Å²) in [6.07, 6.45) is 0.0182. The van der Waals surface area contributed by atoms with Crippen molar-refractivity contribution in [3.05, 3.63) is 74.6 Å². The molecule has 0 atom stereocenters. The molecule has 0 saturated carbocycles. The molecular formula is C20H15ClO5. The summed E-state index contributed by atoms with van der Waals surface area (Å²) in [7, 11) is 0. The third-order valence-electron chi connectivity index (χ3n) is 3.92. The van der Waals surface area contributed by atoms with Crippen LogP contribution in [0.2, 0.25) is 5.02 Å². The smallest absolute Gasteiger partial charge is 0.336 e. The number of fused-ring (bicyclic) bond motifs is 1. The van der Waals surface area contributed by atoms with E-state index in [1.807, 2.05) is 0 Å². The first-order chi connectivity index (χ1) is 12.3. The molecule has 0 aliphatic carbocycles. The predicted octanol–water partition coefficient (Wildman–Crippen LogP) is 4.11. The molecule has 0 saturated heterocycles. The van der Waals surface area contributed by atoms with E-state index in [1.54, 1.807) is 37.3 Å². The van der Waals surface area contributed by atoms with E-state index in [-0.39, 0.29) is 29.1 Å². The average Bonchev–Trinajstić information content (AvgIpc) is 2.56. The Kier molecular flexibility index (Phi) is 4.91. The van der Waals surface area contributed by atoms with Gasteiger partial charge in [0.2, 0.25) is 0 Å². The summed E-state index contributed by atoms with van der Waals surface area (Å²) in [6.45, 7) is 3.07. The molecule has 0 amide bonds. The fraction of sp³-hybridized carbons (Fsp3) is 0.150. The van der Waals surface area contributed by atoms with E-state index < -0.39 is 11.6 Å². The molecule has 5 nitrogen and oxygen atoms in total. The molecule has 0 fully saturated rings. The standard InChI is InChI=1S/C20H15ClO5/c1-11-9-17(23)26-20-15(11)7-8-16(19(20)12(2)22)25-18(24)10-13-3-5-14(21)6-4-13/h3-9H,10H2,1-2H3. The molecule has 3 rings (SSSR count). The largest absolute Gasteiger partial charge is 0.425 e. The summed E-state index contributed by atoms with van der Waals surface area (Å²) in [6, 6.07) is 11.3. The zero-order chi connectivity index (χ0) is 18.8. The summed E-state index contributed by atoms with van der Waals surface area (Å²) in [5.41, 5.74) is 1.04. The van der Waals surface area contributed by atoms with Gasteiger partial charge in [-0.1, -0.05) is 23.7 Å². The maximum atomic E-state index is 12.3. The van der Waals surface area contributed by atoms with Crippen LogP contribution < -0.4 is 10.4 Å². The first-order valence-corrected chi connectivity index (χ1v) is 8.26. The van der Waals surface area contributed by atoms with Crippen molar-refractivity contribution in [2.24, 2.45) is 0 Å². The van der Waals surface area contributed by atoms with E-state index in [0.717, 1.165) is 5.56 Å². The number of halogens is 1. The summed E-state index contributed by atoms with van der Waals surface area (Å²) in [5, 5.41) is 1.19. The van der Waals surface area contributed by atoms with Crippen LogP contribution in [0, 0.1) is 6.92 Å². The molecule has 1 heterocycles. The SMILES string of the molecule is CC(=O)c1c(OC(=O)Cc2ccc(Cl)cc2)ccc2c(C)cc(=O)oc12. The Bertz CT molecular complexity index is 1060. The molecule has 0 aliphatic heterocycles.